The fourth-order valence-corrected chi connectivity index (χ4v) is 4.08. The summed E-state index contributed by atoms with van der Waals surface area (Å²) in [7, 11) is 0. The molecule has 4 rings (SSSR count). The van der Waals surface area contributed by atoms with Gasteiger partial charge in [-0.15, -0.1) is 0 Å². The van der Waals surface area contributed by atoms with E-state index in [4.69, 9.17) is 11.6 Å². The van der Waals surface area contributed by atoms with Crippen molar-refractivity contribution < 1.29 is 9.59 Å². The van der Waals surface area contributed by atoms with E-state index in [2.05, 4.69) is 10.6 Å². The van der Waals surface area contributed by atoms with E-state index in [1.165, 1.54) is 6.42 Å². The molecule has 0 saturated carbocycles. The molecule has 0 radical (unpaired) electrons. The minimum atomic E-state index is -0.169. The normalized spacial score (nSPS) is 26.5. The number of anilines is 1. The highest BCUT2D eigenvalue weighted by molar-refractivity contribution is 6.34. The van der Waals surface area contributed by atoms with Crippen molar-refractivity contribution >= 4 is 29.2 Å². The van der Waals surface area contributed by atoms with Crippen LogP contribution in [0.3, 0.4) is 0 Å². The summed E-state index contributed by atoms with van der Waals surface area (Å²) in [4.78, 5) is 28.3. The number of carbonyl (C=O) groups is 2. The summed E-state index contributed by atoms with van der Waals surface area (Å²) in [6.45, 7) is 2.68. The fraction of sp³-hybridized carbons (Fsp3) is 0.529. The van der Waals surface area contributed by atoms with Gasteiger partial charge in [-0.1, -0.05) is 11.6 Å². The standard InChI is InChI=1S/C17H21ClN4O2/c18-14-4-1-11(9-15(14)22-8-6-19-17(22)24)16(23)21-7-5-12-2-3-13(10-21)20-12/h1,4,9,12-13,20H,2-3,5-8,10H2,(H,19,24). The molecule has 0 aliphatic carbocycles. The molecule has 0 aromatic heterocycles. The van der Waals surface area contributed by atoms with Gasteiger partial charge in [-0.2, -0.15) is 0 Å². The zero-order chi connectivity index (χ0) is 16.7. The average molecular weight is 349 g/mol. The lowest BCUT2D eigenvalue weighted by atomic mass is 10.1. The molecular weight excluding hydrogens is 328 g/mol. The Balaban J connectivity index is 1.57. The van der Waals surface area contributed by atoms with Gasteiger partial charge in [-0.25, -0.2) is 4.79 Å². The van der Waals surface area contributed by atoms with Gasteiger partial charge in [0, 0.05) is 43.8 Å². The van der Waals surface area contributed by atoms with Crippen molar-refractivity contribution in [2.24, 2.45) is 0 Å². The third kappa shape index (κ3) is 2.84. The van der Waals surface area contributed by atoms with Gasteiger partial charge in [0.2, 0.25) is 0 Å². The van der Waals surface area contributed by atoms with Gasteiger partial charge in [0.15, 0.2) is 0 Å². The van der Waals surface area contributed by atoms with E-state index >= 15 is 0 Å². The second-order valence-corrected chi connectivity index (χ2v) is 7.13. The predicted octanol–water partition coefficient (Wildman–Crippen LogP) is 1.84. The molecule has 0 spiro atoms. The summed E-state index contributed by atoms with van der Waals surface area (Å²) in [5.41, 5.74) is 1.19. The number of carbonyl (C=O) groups excluding carboxylic acids is 2. The van der Waals surface area contributed by atoms with Crippen molar-refractivity contribution in [2.75, 3.05) is 31.1 Å². The molecule has 3 saturated heterocycles. The number of likely N-dealkylation sites (tertiary alicyclic amines) is 1. The highest BCUT2D eigenvalue weighted by Gasteiger charge is 2.32. The van der Waals surface area contributed by atoms with Gasteiger partial charge < -0.3 is 15.5 Å². The number of rotatable bonds is 2. The van der Waals surface area contributed by atoms with Crippen LogP contribution < -0.4 is 15.5 Å². The molecule has 3 aliphatic heterocycles. The number of urea groups is 1. The molecule has 2 unspecified atom stereocenters. The third-order valence-corrected chi connectivity index (χ3v) is 5.47. The first-order valence-corrected chi connectivity index (χ1v) is 8.90. The van der Waals surface area contributed by atoms with Crippen molar-refractivity contribution in [1.82, 2.24) is 15.5 Å². The van der Waals surface area contributed by atoms with Crippen LogP contribution in [0.25, 0.3) is 0 Å². The molecule has 24 heavy (non-hydrogen) atoms. The fourth-order valence-electron chi connectivity index (χ4n) is 3.86. The van der Waals surface area contributed by atoms with E-state index in [-0.39, 0.29) is 11.9 Å². The van der Waals surface area contributed by atoms with Gasteiger partial charge in [-0.3, -0.25) is 9.69 Å². The van der Waals surface area contributed by atoms with Gasteiger partial charge in [-0.05, 0) is 37.5 Å². The van der Waals surface area contributed by atoms with E-state index in [1.807, 2.05) is 4.90 Å². The SMILES string of the molecule is O=C(c1ccc(Cl)c(N2CCNC2=O)c1)N1CCC2CCC(C1)N2. The van der Waals surface area contributed by atoms with E-state index in [0.717, 1.165) is 25.9 Å². The minimum Gasteiger partial charge on any atom is -0.337 e. The molecule has 2 N–H and O–H groups in total. The Hall–Kier alpha value is -1.79. The molecule has 1 aromatic carbocycles. The Labute approximate surface area is 146 Å². The van der Waals surface area contributed by atoms with Crippen LogP contribution in [0.1, 0.15) is 29.6 Å². The highest BCUT2D eigenvalue weighted by Crippen LogP contribution is 2.29. The van der Waals surface area contributed by atoms with Gasteiger partial charge in [0.25, 0.3) is 5.91 Å². The molecule has 3 heterocycles. The number of nitrogens with zero attached hydrogens (tertiary/aromatic N) is 2. The number of amides is 3. The first kappa shape index (κ1) is 15.7. The predicted molar refractivity (Wildman–Crippen MR) is 92.7 cm³/mol. The highest BCUT2D eigenvalue weighted by atomic mass is 35.5. The smallest absolute Gasteiger partial charge is 0.322 e. The van der Waals surface area contributed by atoms with Crippen molar-refractivity contribution in [3.05, 3.63) is 28.8 Å². The van der Waals surface area contributed by atoms with E-state index in [1.54, 1.807) is 23.1 Å². The maximum Gasteiger partial charge on any atom is 0.322 e. The van der Waals surface area contributed by atoms with Crippen molar-refractivity contribution in [1.29, 1.82) is 0 Å². The molecule has 2 bridgehead atoms. The second kappa shape index (κ2) is 6.26. The number of halogens is 1. The average Bonchev–Trinajstić information content (AvgIpc) is 3.13. The molecule has 3 aliphatic rings. The molecular formula is C17H21ClN4O2. The number of hydrogen-bond donors (Lipinski definition) is 2. The van der Waals surface area contributed by atoms with E-state index in [9.17, 15) is 9.59 Å². The summed E-state index contributed by atoms with van der Waals surface area (Å²) in [5.74, 6) is 0.0156. The number of fused-ring (bicyclic) bond motifs is 2. The zero-order valence-corrected chi connectivity index (χ0v) is 14.2. The maximum atomic E-state index is 12.9. The number of benzene rings is 1. The molecule has 7 heteroatoms. The maximum absolute atomic E-state index is 12.9. The van der Waals surface area contributed by atoms with Crippen LogP contribution >= 0.6 is 11.6 Å². The summed E-state index contributed by atoms with van der Waals surface area (Å²) in [6, 6.07) is 5.97. The topological polar surface area (TPSA) is 64.7 Å². The monoisotopic (exact) mass is 348 g/mol. The van der Waals surface area contributed by atoms with Crippen molar-refractivity contribution in [2.45, 2.75) is 31.3 Å². The molecule has 2 atom stereocenters. The number of nitrogens with one attached hydrogen (secondary N) is 2. The Morgan fingerprint density at radius 3 is 2.79 bits per heavy atom. The summed E-state index contributed by atoms with van der Waals surface area (Å²) >= 11 is 6.25. The Morgan fingerprint density at radius 1 is 1.17 bits per heavy atom. The van der Waals surface area contributed by atoms with Crippen LogP contribution in [0.5, 0.6) is 0 Å². The first-order chi connectivity index (χ1) is 11.6. The van der Waals surface area contributed by atoms with Crippen LogP contribution in [0, 0.1) is 0 Å². The van der Waals surface area contributed by atoms with Gasteiger partial charge in [0.1, 0.15) is 0 Å². The lowest BCUT2D eigenvalue weighted by molar-refractivity contribution is 0.0748. The van der Waals surface area contributed by atoms with Crippen LogP contribution in [-0.2, 0) is 0 Å². The Morgan fingerprint density at radius 2 is 2.00 bits per heavy atom. The molecule has 1 aromatic rings. The second-order valence-electron chi connectivity index (χ2n) is 6.73. The minimum absolute atomic E-state index is 0.0156. The van der Waals surface area contributed by atoms with Crippen molar-refractivity contribution in [3.8, 4) is 0 Å². The first-order valence-electron chi connectivity index (χ1n) is 8.52. The van der Waals surface area contributed by atoms with Crippen LogP contribution in [0.4, 0.5) is 10.5 Å². The van der Waals surface area contributed by atoms with Gasteiger partial charge >= 0.3 is 6.03 Å². The van der Waals surface area contributed by atoms with Crippen LogP contribution in [0.2, 0.25) is 5.02 Å². The van der Waals surface area contributed by atoms with E-state index < -0.39 is 0 Å². The number of hydrogen-bond acceptors (Lipinski definition) is 3. The molecule has 3 amide bonds. The summed E-state index contributed by atoms with van der Waals surface area (Å²) < 4.78 is 0. The lowest BCUT2D eigenvalue weighted by Gasteiger charge is -2.25. The molecule has 3 fully saturated rings. The largest absolute Gasteiger partial charge is 0.337 e. The quantitative estimate of drug-likeness (QED) is 0.857. The molecule has 128 valence electrons. The zero-order valence-electron chi connectivity index (χ0n) is 13.4. The Bertz CT molecular complexity index is 681. The van der Waals surface area contributed by atoms with Crippen LogP contribution in [0.15, 0.2) is 18.2 Å². The summed E-state index contributed by atoms with van der Waals surface area (Å²) in [6.07, 6.45) is 3.34. The van der Waals surface area contributed by atoms with E-state index in [0.29, 0.717) is 41.4 Å². The molecule has 6 nitrogen and oxygen atoms in total. The van der Waals surface area contributed by atoms with Crippen LogP contribution in [-0.4, -0.2) is 55.1 Å². The third-order valence-electron chi connectivity index (χ3n) is 5.15. The van der Waals surface area contributed by atoms with Gasteiger partial charge in [0.05, 0.1) is 10.7 Å². The lowest BCUT2D eigenvalue weighted by Crippen LogP contribution is -2.39. The van der Waals surface area contributed by atoms with Crippen molar-refractivity contribution in [3.63, 3.8) is 0 Å². The Kier molecular flexibility index (Phi) is 4.10. The summed E-state index contributed by atoms with van der Waals surface area (Å²) in [5, 5.41) is 6.83.